The molecule has 1 rings (SSSR count). The number of hydrogen-bond acceptors (Lipinski definition) is 4. The molecule has 1 atom stereocenters. The van der Waals surface area contributed by atoms with E-state index in [1.807, 2.05) is 40.7 Å². The van der Waals surface area contributed by atoms with E-state index in [4.69, 9.17) is 9.47 Å². The number of anilines is 1. The van der Waals surface area contributed by atoms with Crippen LogP contribution in [0.15, 0.2) is 12.1 Å². The van der Waals surface area contributed by atoms with Crippen LogP contribution in [0.5, 0.6) is 5.88 Å². The SMILES string of the molecule is CCCO[C@@](C)(CCC)C(=O)Nc1ccc(OCC)nc1C. The average Bonchev–Trinajstić information content (AvgIpc) is 2.48. The molecule has 0 saturated carbocycles. The number of nitrogens with one attached hydrogen (secondary N) is 1. The first kappa shape index (κ1) is 18.4. The van der Waals surface area contributed by atoms with E-state index in [-0.39, 0.29) is 5.91 Å². The Morgan fingerprint density at radius 1 is 1.27 bits per heavy atom. The van der Waals surface area contributed by atoms with Crippen LogP contribution in [0.25, 0.3) is 0 Å². The molecule has 0 unspecified atom stereocenters. The van der Waals surface area contributed by atoms with E-state index in [1.54, 1.807) is 6.07 Å². The zero-order chi connectivity index (χ0) is 16.6. The molecule has 22 heavy (non-hydrogen) atoms. The summed E-state index contributed by atoms with van der Waals surface area (Å²) in [5.74, 6) is 0.438. The molecule has 5 nitrogen and oxygen atoms in total. The quantitative estimate of drug-likeness (QED) is 0.755. The van der Waals surface area contributed by atoms with Crippen LogP contribution in [0.2, 0.25) is 0 Å². The Labute approximate surface area is 133 Å². The van der Waals surface area contributed by atoms with Crippen molar-refractivity contribution in [1.82, 2.24) is 4.98 Å². The lowest BCUT2D eigenvalue weighted by molar-refractivity contribution is -0.140. The van der Waals surface area contributed by atoms with Gasteiger partial charge in [0, 0.05) is 12.7 Å². The molecule has 1 aromatic rings. The maximum Gasteiger partial charge on any atom is 0.256 e. The van der Waals surface area contributed by atoms with Gasteiger partial charge >= 0.3 is 0 Å². The smallest absolute Gasteiger partial charge is 0.256 e. The molecule has 5 heteroatoms. The number of pyridine rings is 1. The van der Waals surface area contributed by atoms with Gasteiger partial charge in [-0.1, -0.05) is 20.3 Å². The maximum absolute atomic E-state index is 12.6. The van der Waals surface area contributed by atoms with Crippen LogP contribution in [0, 0.1) is 6.92 Å². The molecule has 0 spiro atoms. The molecule has 1 aromatic heterocycles. The number of nitrogens with zero attached hydrogens (tertiary/aromatic N) is 1. The third kappa shape index (κ3) is 4.98. The van der Waals surface area contributed by atoms with E-state index >= 15 is 0 Å². The Bertz CT molecular complexity index is 491. The van der Waals surface area contributed by atoms with Crippen molar-refractivity contribution in [1.29, 1.82) is 0 Å². The van der Waals surface area contributed by atoms with E-state index in [2.05, 4.69) is 10.3 Å². The lowest BCUT2D eigenvalue weighted by atomic mass is 9.99. The lowest BCUT2D eigenvalue weighted by Crippen LogP contribution is -2.43. The Hall–Kier alpha value is -1.62. The highest BCUT2D eigenvalue weighted by Crippen LogP contribution is 2.23. The molecule has 1 amide bonds. The molecule has 0 saturated heterocycles. The predicted octanol–water partition coefficient (Wildman–Crippen LogP) is 3.71. The number of carbonyl (C=O) groups is 1. The highest BCUT2D eigenvalue weighted by Gasteiger charge is 2.33. The number of amides is 1. The molecule has 0 fully saturated rings. The summed E-state index contributed by atoms with van der Waals surface area (Å²) in [5.41, 5.74) is 0.611. The molecule has 0 aromatic carbocycles. The number of ether oxygens (including phenoxy) is 2. The first-order chi connectivity index (χ1) is 10.5. The first-order valence-electron chi connectivity index (χ1n) is 8.02. The molecule has 1 heterocycles. The van der Waals surface area contributed by atoms with Crippen LogP contribution in [-0.2, 0) is 9.53 Å². The molecule has 0 aliphatic carbocycles. The number of carbonyl (C=O) groups excluding carboxylic acids is 1. The zero-order valence-corrected chi connectivity index (χ0v) is 14.4. The molecule has 0 radical (unpaired) electrons. The molecule has 0 bridgehead atoms. The second-order valence-electron chi connectivity index (χ2n) is 5.50. The standard InChI is InChI=1S/C17H28N2O3/c1-6-11-17(5,22-12-7-2)16(20)19-14-9-10-15(21-8-3)18-13(14)4/h9-10H,6-8,11-12H2,1-5H3,(H,19,20)/t17-/m0/s1. The maximum atomic E-state index is 12.6. The summed E-state index contributed by atoms with van der Waals surface area (Å²) in [4.78, 5) is 16.9. The van der Waals surface area contributed by atoms with Gasteiger partial charge < -0.3 is 14.8 Å². The summed E-state index contributed by atoms with van der Waals surface area (Å²) in [6.07, 6.45) is 2.45. The summed E-state index contributed by atoms with van der Waals surface area (Å²) >= 11 is 0. The lowest BCUT2D eigenvalue weighted by Gasteiger charge is -2.28. The Morgan fingerprint density at radius 2 is 2.00 bits per heavy atom. The van der Waals surface area contributed by atoms with Gasteiger partial charge in [-0.05, 0) is 39.7 Å². The van der Waals surface area contributed by atoms with Gasteiger partial charge in [-0.15, -0.1) is 0 Å². The van der Waals surface area contributed by atoms with E-state index in [0.29, 0.717) is 31.2 Å². The van der Waals surface area contributed by atoms with Crippen LogP contribution in [0.3, 0.4) is 0 Å². The predicted molar refractivity (Wildman–Crippen MR) is 88.3 cm³/mol. The van der Waals surface area contributed by atoms with Crippen molar-refractivity contribution in [3.8, 4) is 5.88 Å². The summed E-state index contributed by atoms with van der Waals surface area (Å²) < 4.78 is 11.2. The molecular formula is C17H28N2O3. The molecule has 1 N–H and O–H groups in total. The Balaban J connectivity index is 2.84. The number of hydrogen-bond donors (Lipinski definition) is 1. The highest BCUT2D eigenvalue weighted by molar-refractivity contribution is 5.97. The third-order valence-electron chi connectivity index (χ3n) is 3.43. The molecular weight excluding hydrogens is 280 g/mol. The van der Waals surface area contributed by atoms with Crippen LogP contribution >= 0.6 is 0 Å². The largest absolute Gasteiger partial charge is 0.478 e. The summed E-state index contributed by atoms with van der Waals surface area (Å²) in [5, 5.41) is 2.93. The van der Waals surface area contributed by atoms with Gasteiger partial charge in [0.25, 0.3) is 5.91 Å². The summed E-state index contributed by atoms with van der Waals surface area (Å²) in [6, 6.07) is 3.58. The zero-order valence-electron chi connectivity index (χ0n) is 14.4. The minimum Gasteiger partial charge on any atom is -0.478 e. The topological polar surface area (TPSA) is 60.5 Å². The first-order valence-corrected chi connectivity index (χ1v) is 8.02. The second kappa shape index (κ2) is 8.73. The highest BCUT2D eigenvalue weighted by atomic mass is 16.5. The van der Waals surface area contributed by atoms with Crippen molar-refractivity contribution < 1.29 is 14.3 Å². The molecule has 124 valence electrons. The van der Waals surface area contributed by atoms with Crippen molar-refractivity contribution in [3.63, 3.8) is 0 Å². The van der Waals surface area contributed by atoms with Gasteiger partial charge in [0.15, 0.2) is 0 Å². The van der Waals surface area contributed by atoms with E-state index in [0.717, 1.165) is 18.5 Å². The monoisotopic (exact) mass is 308 g/mol. The fourth-order valence-electron chi connectivity index (χ4n) is 2.21. The summed E-state index contributed by atoms with van der Waals surface area (Å²) in [6.45, 7) is 10.8. The Kier molecular flexibility index (Phi) is 7.32. The number of aromatic nitrogens is 1. The van der Waals surface area contributed by atoms with Gasteiger partial charge in [0.1, 0.15) is 5.60 Å². The fourth-order valence-corrected chi connectivity index (χ4v) is 2.21. The van der Waals surface area contributed by atoms with Crippen LogP contribution < -0.4 is 10.1 Å². The van der Waals surface area contributed by atoms with E-state index < -0.39 is 5.60 Å². The average molecular weight is 308 g/mol. The van der Waals surface area contributed by atoms with Gasteiger partial charge in [0.05, 0.1) is 18.0 Å². The van der Waals surface area contributed by atoms with Gasteiger partial charge in [0.2, 0.25) is 5.88 Å². The minimum atomic E-state index is -0.810. The van der Waals surface area contributed by atoms with Crippen molar-refractivity contribution in [2.45, 2.75) is 59.5 Å². The van der Waals surface area contributed by atoms with Gasteiger partial charge in [-0.25, -0.2) is 4.98 Å². The fraction of sp³-hybridized carbons (Fsp3) is 0.647. The third-order valence-corrected chi connectivity index (χ3v) is 3.43. The second-order valence-corrected chi connectivity index (χ2v) is 5.50. The van der Waals surface area contributed by atoms with Gasteiger partial charge in [-0.2, -0.15) is 0 Å². The van der Waals surface area contributed by atoms with E-state index in [1.165, 1.54) is 0 Å². The molecule has 0 aliphatic heterocycles. The summed E-state index contributed by atoms with van der Waals surface area (Å²) in [7, 11) is 0. The minimum absolute atomic E-state index is 0.128. The van der Waals surface area contributed by atoms with Crippen LogP contribution in [0.1, 0.15) is 52.7 Å². The van der Waals surface area contributed by atoms with Crippen molar-refractivity contribution in [2.75, 3.05) is 18.5 Å². The van der Waals surface area contributed by atoms with Crippen molar-refractivity contribution >= 4 is 11.6 Å². The van der Waals surface area contributed by atoms with Crippen LogP contribution in [0.4, 0.5) is 5.69 Å². The van der Waals surface area contributed by atoms with E-state index in [9.17, 15) is 4.79 Å². The van der Waals surface area contributed by atoms with Crippen molar-refractivity contribution in [2.24, 2.45) is 0 Å². The number of aryl methyl sites for hydroxylation is 1. The molecule has 0 aliphatic rings. The van der Waals surface area contributed by atoms with Crippen LogP contribution in [-0.4, -0.2) is 29.7 Å². The van der Waals surface area contributed by atoms with Gasteiger partial charge in [-0.3, -0.25) is 4.79 Å². The van der Waals surface area contributed by atoms with Crippen molar-refractivity contribution in [3.05, 3.63) is 17.8 Å². The Morgan fingerprint density at radius 3 is 2.55 bits per heavy atom. The number of rotatable bonds is 9. The normalized spacial score (nSPS) is 13.5.